The van der Waals surface area contributed by atoms with Gasteiger partial charge in [0.15, 0.2) is 0 Å². The van der Waals surface area contributed by atoms with Gasteiger partial charge in [0.05, 0.1) is 21.3 Å². The van der Waals surface area contributed by atoms with Crippen molar-refractivity contribution in [3.05, 3.63) is 57.6 Å². The summed E-state index contributed by atoms with van der Waals surface area (Å²) in [5.74, 6) is -1.28. The molecule has 0 amide bonds. The Morgan fingerprint density at radius 3 is 2.57 bits per heavy atom. The van der Waals surface area contributed by atoms with Gasteiger partial charge < -0.3 is 5.11 Å². The zero-order chi connectivity index (χ0) is 16.8. The second-order valence-corrected chi connectivity index (χ2v) is 7.65. The van der Waals surface area contributed by atoms with Crippen LogP contribution in [0.5, 0.6) is 0 Å². The molecule has 0 unspecified atom stereocenters. The highest BCUT2D eigenvalue weighted by molar-refractivity contribution is 7.93. The number of fused-ring (bicyclic) bond motifs is 1. The first kappa shape index (κ1) is 16.1. The number of para-hydroxylation sites is 1. The fourth-order valence-corrected chi connectivity index (χ4v) is 4.85. The quantitative estimate of drug-likeness (QED) is 0.896. The molecular formula is C15H11Cl2NO4S. The Morgan fingerprint density at radius 1 is 1.17 bits per heavy atom. The number of nitrogens with zero attached hydrogens (tertiary/aromatic N) is 1. The molecule has 1 N–H and O–H groups in total. The molecule has 2 aromatic carbocycles. The summed E-state index contributed by atoms with van der Waals surface area (Å²) in [4.78, 5) is 10.8. The standard InChI is InChI=1S/C15H11Cl2NO4S/c16-11-7-10(15(19)20)8-13(14(11)17)23(21,22)18-6-5-9-3-1-2-4-12(9)18/h1-4,7-8H,5-6H2,(H,19,20). The maximum atomic E-state index is 12.9. The number of carboxylic acid groups (broad SMARTS) is 1. The Bertz CT molecular complexity index is 912. The van der Waals surface area contributed by atoms with Crippen molar-refractivity contribution in [1.82, 2.24) is 0 Å². The Labute approximate surface area is 143 Å². The van der Waals surface area contributed by atoms with Crippen molar-refractivity contribution >= 4 is 44.9 Å². The monoisotopic (exact) mass is 371 g/mol. The average Bonchev–Trinajstić information content (AvgIpc) is 2.94. The molecule has 1 aliphatic rings. The maximum absolute atomic E-state index is 12.9. The molecule has 5 nitrogen and oxygen atoms in total. The summed E-state index contributed by atoms with van der Waals surface area (Å²) in [6.07, 6.45) is 0.583. The van der Waals surface area contributed by atoms with Gasteiger partial charge in [-0.1, -0.05) is 41.4 Å². The molecule has 1 heterocycles. The topological polar surface area (TPSA) is 74.7 Å². The first-order chi connectivity index (χ1) is 10.8. The second kappa shape index (κ2) is 5.70. The molecule has 0 atom stereocenters. The predicted molar refractivity (Wildman–Crippen MR) is 88.1 cm³/mol. The smallest absolute Gasteiger partial charge is 0.335 e. The lowest BCUT2D eigenvalue weighted by molar-refractivity contribution is 0.0696. The molecule has 0 spiro atoms. The maximum Gasteiger partial charge on any atom is 0.335 e. The van der Waals surface area contributed by atoms with Crippen LogP contribution in [-0.2, 0) is 16.4 Å². The summed E-state index contributed by atoms with van der Waals surface area (Å²) in [5, 5.41) is 8.81. The van der Waals surface area contributed by atoms with Crippen LogP contribution in [0.3, 0.4) is 0 Å². The van der Waals surface area contributed by atoms with E-state index < -0.39 is 16.0 Å². The lowest BCUT2D eigenvalue weighted by Crippen LogP contribution is -2.29. The van der Waals surface area contributed by atoms with E-state index in [0.29, 0.717) is 12.1 Å². The van der Waals surface area contributed by atoms with Gasteiger partial charge in [0, 0.05) is 6.54 Å². The van der Waals surface area contributed by atoms with Gasteiger partial charge in [0.1, 0.15) is 4.90 Å². The molecule has 120 valence electrons. The van der Waals surface area contributed by atoms with Crippen LogP contribution >= 0.6 is 23.2 Å². The largest absolute Gasteiger partial charge is 0.478 e. The lowest BCUT2D eigenvalue weighted by Gasteiger charge is -2.20. The molecule has 0 saturated carbocycles. The predicted octanol–water partition coefficient (Wildman–Crippen LogP) is 3.44. The molecule has 23 heavy (non-hydrogen) atoms. The molecule has 0 saturated heterocycles. The van der Waals surface area contributed by atoms with Gasteiger partial charge >= 0.3 is 5.97 Å². The summed E-state index contributed by atoms with van der Waals surface area (Å²) in [5.41, 5.74) is 1.25. The second-order valence-electron chi connectivity index (χ2n) is 5.03. The van der Waals surface area contributed by atoms with Crippen LogP contribution < -0.4 is 4.31 Å². The van der Waals surface area contributed by atoms with Crippen molar-refractivity contribution in [2.45, 2.75) is 11.3 Å². The number of aromatic carboxylic acids is 1. The fourth-order valence-electron chi connectivity index (χ4n) is 2.55. The summed E-state index contributed by atoms with van der Waals surface area (Å²) < 4.78 is 27.1. The number of benzene rings is 2. The Morgan fingerprint density at radius 2 is 1.87 bits per heavy atom. The summed E-state index contributed by atoms with van der Waals surface area (Å²) >= 11 is 11.9. The van der Waals surface area contributed by atoms with E-state index in [-0.39, 0.29) is 27.0 Å². The van der Waals surface area contributed by atoms with Crippen molar-refractivity contribution in [2.75, 3.05) is 10.8 Å². The van der Waals surface area contributed by atoms with Gasteiger partial charge in [-0.2, -0.15) is 0 Å². The summed E-state index contributed by atoms with van der Waals surface area (Å²) in [6, 6.07) is 9.30. The minimum Gasteiger partial charge on any atom is -0.478 e. The molecule has 2 aromatic rings. The van der Waals surface area contributed by atoms with E-state index in [1.165, 1.54) is 4.31 Å². The molecule has 3 rings (SSSR count). The Kier molecular flexibility index (Phi) is 4.00. The molecule has 0 bridgehead atoms. The third-order valence-electron chi connectivity index (χ3n) is 3.65. The van der Waals surface area contributed by atoms with Crippen LogP contribution in [0, 0.1) is 0 Å². The lowest BCUT2D eigenvalue weighted by atomic mass is 10.2. The van der Waals surface area contributed by atoms with Crippen molar-refractivity contribution < 1.29 is 18.3 Å². The Hall–Kier alpha value is -1.76. The highest BCUT2D eigenvalue weighted by Gasteiger charge is 2.33. The Balaban J connectivity index is 2.17. The number of halogens is 2. The van der Waals surface area contributed by atoms with Crippen LogP contribution in [0.2, 0.25) is 10.0 Å². The van der Waals surface area contributed by atoms with E-state index in [2.05, 4.69) is 0 Å². The highest BCUT2D eigenvalue weighted by atomic mass is 35.5. The van der Waals surface area contributed by atoms with Crippen molar-refractivity contribution in [1.29, 1.82) is 0 Å². The van der Waals surface area contributed by atoms with Crippen LogP contribution in [-0.4, -0.2) is 26.0 Å². The van der Waals surface area contributed by atoms with Gasteiger partial charge in [0.25, 0.3) is 10.0 Å². The number of anilines is 1. The van der Waals surface area contributed by atoms with E-state index in [0.717, 1.165) is 17.7 Å². The van der Waals surface area contributed by atoms with Crippen LogP contribution in [0.25, 0.3) is 0 Å². The van der Waals surface area contributed by atoms with Crippen molar-refractivity contribution in [2.24, 2.45) is 0 Å². The number of hydrogen-bond donors (Lipinski definition) is 1. The summed E-state index contributed by atoms with van der Waals surface area (Å²) in [6.45, 7) is 0.271. The zero-order valence-electron chi connectivity index (χ0n) is 11.7. The average molecular weight is 372 g/mol. The van der Waals surface area contributed by atoms with E-state index in [9.17, 15) is 13.2 Å². The molecule has 8 heteroatoms. The van der Waals surface area contributed by atoms with Crippen LogP contribution in [0.1, 0.15) is 15.9 Å². The molecular weight excluding hydrogens is 361 g/mol. The van der Waals surface area contributed by atoms with E-state index in [1.54, 1.807) is 12.1 Å². The number of rotatable bonds is 3. The van der Waals surface area contributed by atoms with Gasteiger partial charge in [0.2, 0.25) is 0 Å². The third-order valence-corrected chi connectivity index (χ3v) is 6.41. The van der Waals surface area contributed by atoms with E-state index in [4.69, 9.17) is 28.3 Å². The third kappa shape index (κ3) is 2.67. The fraction of sp³-hybridized carbons (Fsp3) is 0.133. The van der Waals surface area contributed by atoms with Gasteiger partial charge in [-0.15, -0.1) is 0 Å². The number of sulfonamides is 1. The molecule has 0 aliphatic carbocycles. The minimum atomic E-state index is -4.01. The molecule has 0 radical (unpaired) electrons. The SMILES string of the molecule is O=C(O)c1cc(Cl)c(Cl)c(S(=O)(=O)N2CCc3ccccc32)c1. The molecule has 1 aliphatic heterocycles. The van der Waals surface area contributed by atoms with Gasteiger partial charge in [-0.25, -0.2) is 13.2 Å². The first-order valence-corrected chi connectivity index (χ1v) is 8.85. The van der Waals surface area contributed by atoms with Gasteiger partial charge in [-0.3, -0.25) is 4.31 Å². The van der Waals surface area contributed by atoms with E-state index >= 15 is 0 Å². The van der Waals surface area contributed by atoms with Gasteiger partial charge in [-0.05, 0) is 30.2 Å². The number of carboxylic acids is 1. The van der Waals surface area contributed by atoms with E-state index in [1.807, 2.05) is 12.1 Å². The van der Waals surface area contributed by atoms with Crippen LogP contribution in [0.4, 0.5) is 5.69 Å². The summed E-state index contributed by atoms with van der Waals surface area (Å²) in [7, 11) is -4.01. The number of hydrogen-bond acceptors (Lipinski definition) is 3. The van der Waals surface area contributed by atoms with Crippen molar-refractivity contribution in [3.63, 3.8) is 0 Å². The zero-order valence-corrected chi connectivity index (χ0v) is 14.0. The highest BCUT2D eigenvalue weighted by Crippen LogP contribution is 2.37. The van der Waals surface area contributed by atoms with Crippen LogP contribution in [0.15, 0.2) is 41.3 Å². The minimum absolute atomic E-state index is 0.113. The first-order valence-electron chi connectivity index (χ1n) is 6.65. The normalized spacial score (nSPS) is 13.9. The molecule has 0 aromatic heterocycles. The van der Waals surface area contributed by atoms with Crippen molar-refractivity contribution in [3.8, 4) is 0 Å². The molecule has 0 fully saturated rings. The number of carbonyl (C=O) groups is 1.